The fourth-order valence-electron chi connectivity index (χ4n) is 3.08. The van der Waals surface area contributed by atoms with Crippen LogP contribution in [0.15, 0.2) is 35.9 Å². The molecular formula is C18H24ClN3O2. The average Bonchev–Trinajstić information content (AvgIpc) is 2.59. The van der Waals surface area contributed by atoms with Gasteiger partial charge in [0, 0.05) is 31.1 Å². The van der Waals surface area contributed by atoms with Gasteiger partial charge in [0.15, 0.2) is 0 Å². The van der Waals surface area contributed by atoms with Gasteiger partial charge in [-0.25, -0.2) is 0 Å². The first-order valence-electron chi connectivity index (χ1n) is 8.26. The van der Waals surface area contributed by atoms with Gasteiger partial charge in [0.25, 0.3) is 0 Å². The van der Waals surface area contributed by atoms with Crippen molar-refractivity contribution in [3.63, 3.8) is 0 Å². The monoisotopic (exact) mass is 349 g/mol. The second-order valence-electron chi connectivity index (χ2n) is 6.18. The number of nitrogens with one attached hydrogen (secondary N) is 3. The van der Waals surface area contributed by atoms with Gasteiger partial charge >= 0.3 is 0 Å². The Morgan fingerprint density at radius 2 is 2.12 bits per heavy atom. The molecule has 0 saturated heterocycles. The zero-order valence-electron chi connectivity index (χ0n) is 13.6. The molecule has 0 spiro atoms. The Bertz CT molecular complexity index is 630. The summed E-state index contributed by atoms with van der Waals surface area (Å²) in [6.45, 7) is 2.48. The van der Waals surface area contributed by atoms with E-state index in [1.165, 1.54) is 5.57 Å². The van der Waals surface area contributed by atoms with Crippen molar-refractivity contribution in [2.75, 3.05) is 25.0 Å². The van der Waals surface area contributed by atoms with E-state index in [0.29, 0.717) is 25.8 Å². The van der Waals surface area contributed by atoms with E-state index in [1.54, 1.807) is 0 Å². The van der Waals surface area contributed by atoms with Crippen LogP contribution in [0.2, 0.25) is 0 Å². The fraction of sp³-hybridized carbons (Fsp3) is 0.444. The second-order valence-corrected chi connectivity index (χ2v) is 6.18. The predicted octanol–water partition coefficient (Wildman–Crippen LogP) is 2.04. The number of rotatable bonds is 5. The van der Waals surface area contributed by atoms with Crippen LogP contribution < -0.4 is 16.0 Å². The normalized spacial score (nSPS) is 19.4. The molecule has 130 valence electrons. The molecule has 5 nitrogen and oxygen atoms in total. The molecule has 1 unspecified atom stereocenters. The van der Waals surface area contributed by atoms with Gasteiger partial charge in [0.2, 0.25) is 11.8 Å². The van der Waals surface area contributed by atoms with Gasteiger partial charge in [-0.2, -0.15) is 0 Å². The summed E-state index contributed by atoms with van der Waals surface area (Å²) in [7, 11) is 0. The summed E-state index contributed by atoms with van der Waals surface area (Å²) in [5, 5.41) is 9.14. The summed E-state index contributed by atoms with van der Waals surface area (Å²) in [6.07, 6.45) is 4.82. The second kappa shape index (κ2) is 8.85. The molecule has 2 amide bonds. The maximum atomic E-state index is 12.1. The molecular weight excluding hydrogens is 326 g/mol. The van der Waals surface area contributed by atoms with Gasteiger partial charge in [0.1, 0.15) is 0 Å². The topological polar surface area (TPSA) is 70.2 Å². The van der Waals surface area contributed by atoms with Gasteiger partial charge in [-0.1, -0.05) is 29.8 Å². The number of anilines is 1. The van der Waals surface area contributed by atoms with Crippen LogP contribution in [-0.4, -0.2) is 31.4 Å². The van der Waals surface area contributed by atoms with Crippen LogP contribution in [0.5, 0.6) is 0 Å². The van der Waals surface area contributed by atoms with E-state index in [1.807, 2.05) is 24.3 Å². The van der Waals surface area contributed by atoms with Crippen molar-refractivity contribution < 1.29 is 9.59 Å². The molecule has 3 N–H and O–H groups in total. The van der Waals surface area contributed by atoms with E-state index >= 15 is 0 Å². The molecule has 24 heavy (non-hydrogen) atoms. The molecule has 2 heterocycles. The summed E-state index contributed by atoms with van der Waals surface area (Å²) in [6, 6.07) is 7.85. The van der Waals surface area contributed by atoms with Crippen LogP contribution in [0.25, 0.3) is 0 Å². The first-order valence-corrected chi connectivity index (χ1v) is 8.26. The Morgan fingerprint density at radius 3 is 2.92 bits per heavy atom. The maximum Gasteiger partial charge on any atom is 0.227 e. The Balaban J connectivity index is 0.00000208. The molecule has 2 aliphatic heterocycles. The molecule has 3 rings (SSSR count). The number of carbonyl (C=O) groups is 2. The third-order valence-corrected chi connectivity index (χ3v) is 4.50. The molecule has 2 aliphatic rings. The van der Waals surface area contributed by atoms with Crippen LogP contribution in [0.3, 0.4) is 0 Å². The van der Waals surface area contributed by atoms with Crippen molar-refractivity contribution in [3.05, 3.63) is 41.5 Å². The van der Waals surface area contributed by atoms with Gasteiger partial charge in [0.05, 0.1) is 0 Å². The highest BCUT2D eigenvalue weighted by Gasteiger charge is 2.26. The zero-order valence-corrected chi connectivity index (χ0v) is 14.5. The number of hydrogen-bond donors (Lipinski definition) is 3. The van der Waals surface area contributed by atoms with E-state index in [9.17, 15) is 9.59 Å². The van der Waals surface area contributed by atoms with Crippen LogP contribution in [0.1, 0.15) is 24.8 Å². The van der Waals surface area contributed by atoms with E-state index in [4.69, 9.17) is 0 Å². The number of hydrogen-bond acceptors (Lipinski definition) is 3. The zero-order chi connectivity index (χ0) is 16.1. The Labute approximate surface area is 148 Å². The number of benzene rings is 1. The number of para-hydroxylation sites is 1. The highest BCUT2D eigenvalue weighted by Crippen LogP contribution is 2.27. The highest BCUT2D eigenvalue weighted by molar-refractivity contribution is 5.96. The molecule has 1 aromatic carbocycles. The lowest BCUT2D eigenvalue weighted by molar-refractivity contribution is -0.122. The number of fused-ring (bicyclic) bond motifs is 1. The summed E-state index contributed by atoms with van der Waals surface area (Å²) in [5.74, 6) is -0.0672. The van der Waals surface area contributed by atoms with E-state index in [-0.39, 0.29) is 30.1 Å². The number of halogens is 1. The third-order valence-electron chi connectivity index (χ3n) is 4.50. The lowest BCUT2D eigenvalue weighted by Gasteiger charge is -2.24. The quantitative estimate of drug-likeness (QED) is 0.712. The van der Waals surface area contributed by atoms with Crippen molar-refractivity contribution >= 4 is 29.9 Å². The first-order chi connectivity index (χ1) is 11.2. The molecule has 0 fully saturated rings. The minimum atomic E-state index is -0.117. The van der Waals surface area contributed by atoms with Gasteiger partial charge in [-0.15, -0.1) is 12.4 Å². The van der Waals surface area contributed by atoms with Crippen molar-refractivity contribution in [2.24, 2.45) is 5.92 Å². The van der Waals surface area contributed by atoms with Crippen molar-refractivity contribution in [2.45, 2.75) is 25.7 Å². The molecule has 0 radical (unpaired) electrons. The van der Waals surface area contributed by atoms with Crippen molar-refractivity contribution in [1.82, 2.24) is 10.6 Å². The van der Waals surface area contributed by atoms with Gasteiger partial charge < -0.3 is 16.0 Å². The molecule has 6 heteroatoms. The van der Waals surface area contributed by atoms with Crippen molar-refractivity contribution in [3.8, 4) is 0 Å². The number of amides is 2. The summed E-state index contributed by atoms with van der Waals surface area (Å²) in [4.78, 5) is 24.1. The van der Waals surface area contributed by atoms with Crippen molar-refractivity contribution in [1.29, 1.82) is 0 Å². The third kappa shape index (κ3) is 4.82. The van der Waals surface area contributed by atoms with Gasteiger partial charge in [-0.05, 0) is 37.4 Å². The molecule has 0 aromatic heterocycles. The first kappa shape index (κ1) is 18.5. The van der Waals surface area contributed by atoms with Crippen LogP contribution in [0, 0.1) is 5.92 Å². The van der Waals surface area contributed by atoms with Crippen LogP contribution in [0.4, 0.5) is 5.69 Å². The molecule has 0 aliphatic carbocycles. The lowest BCUT2D eigenvalue weighted by atomic mass is 9.89. The summed E-state index contributed by atoms with van der Waals surface area (Å²) < 4.78 is 0. The van der Waals surface area contributed by atoms with E-state index in [2.05, 4.69) is 22.0 Å². The Hall–Kier alpha value is -1.85. The minimum absolute atomic E-state index is 0. The Morgan fingerprint density at radius 1 is 1.29 bits per heavy atom. The lowest BCUT2D eigenvalue weighted by Crippen LogP contribution is -2.33. The minimum Gasteiger partial charge on any atom is -0.352 e. The number of carbonyl (C=O) groups excluding carboxylic acids is 2. The molecule has 1 atom stereocenters. The predicted molar refractivity (Wildman–Crippen MR) is 97.3 cm³/mol. The highest BCUT2D eigenvalue weighted by atomic mass is 35.5. The maximum absolute atomic E-state index is 12.1. The SMILES string of the molecule is Cl.O=C(CCC1Cc2ccccc2NC1=O)NCC1=CCNCC1. The fourth-order valence-corrected chi connectivity index (χ4v) is 3.08. The standard InChI is InChI=1S/C18H23N3O2.ClH/c22-17(20-12-13-7-9-19-10-8-13)6-5-15-11-14-3-1-2-4-16(14)21-18(15)23;/h1-4,7,15,19H,5-6,8-12H2,(H,20,22)(H,21,23);1H. The average molecular weight is 350 g/mol. The van der Waals surface area contributed by atoms with Crippen LogP contribution >= 0.6 is 12.4 Å². The summed E-state index contributed by atoms with van der Waals surface area (Å²) >= 11 is 0. The molecule has 1 aromatic rings. The smallest absolute Gasteiger partial charge is 0.227 e. The Kier molecular flexibility index (Phi) is 6.82. The van der Waals surface area contributed by atoms with Crippen LogP contribution in [-0.2, 0) is 16.0 Å². The molecule has 0 saturated carbocycles. The van der Waals surface area contributed by atoms with E-state index in [0.717, 1.165) is 30.8 Å². The van der Waals surface area contributed by atoms with E-state index < -0.39 is 0 Å². The largest absolute Gasteiger partial charge is 0.352 e. The molecule has 0 bridgehead atoms. The summed E-state index contributed by atoms with van der Waals surface area (Å²) in [5.41, 5.74) is 3.33. The van der Waals surface area contributed by atoms with Gasteiger partial charge in [-0.3, -0.25) is 9.59 Å².